The van der Waals surface area contributed by atoms with Crippen molar-refractivity contribution >= 4 is 15.9 Å². The molecular formula is C15H13BrF2O2. The van der Waals surface area contributed by atoms with Crippen LogP contribution in [0.25, 0.3) is 0 Å². The highest BCUT2D eigenvalue weighted by atomic mass is 79.9. The van der Waals surface area contributed by atoms with Crippen LogP contribution in [0.3, 0.4) is 0 Å². The SMILES string of the molecule is COc1cc(Br)ccc1C(O)Cc1cc(F)ccc1F. The van der Waals surface area contributed by atoms with Crippen LogP contribution in [0.15, 0.2) is 40.9 Å². The number of aliphatic hydroxyl groups is 1. The van der Waals surface area contributed by atoms with Crippen LogP contribution in [-0.2, 0) is 6.42 Å². The quantitative estimate of drug-likeness (QED) is 0.909. The van der Waals surface area contributed by atoms with Crippen molar-refractivity contribution in [2.24, 2.45) is 0 Å². The first-order chi connectivity index (χ1) is 9.51. The Balaban J connectivity index is 2.28. The molecule has 20 heavy (non-hydrogen) atoms. The lowest BCUT2D eigenvalue weighted by molar-refractivity contribution is 0.172. The van der Waals surface area contributed by atoms with Crippen LogP contribution in [0.2, 0.25) is 0 Å². The van der Waals surface area contributed by atoms with Gasteiger partial charge in [0.25, 0.3) is 0 Å². The normalized spacial score (nSPS) is 12.2. The molecule has 0 saturated carbocycles. The number of benzene rings is 2. The zero-order valence-electron chi connectivity index (χ0n) is 10.7. The van der Waals surface area contributed by atoms with E-state index in [1.54, 1.807) is 18.2 Å². The molecule has 0 aromatic heterocycles. The molecule has 0 heterocycles. The van der Waals surface area contributed by atoms with Crippen molar-refractivity contribution < 1.29 is 18.6 Å². The number of hydrogen-bond acceptors (Lipinski definition) is 2. The first kappa shape index (κ1) is 14.9. The molecule has 0 amide bonds. The van der Waals surface area contributed by atoms with E-state index < -0.39 is 17.7 Å². The molecule has 0 aliphatic heterocycles. The smallest absolute Gasteiger partial charge is 0.126 e. The Morgan fingerprint density at radius 2 is 1.95 bits per heavy atom. The van der Waals surface area contributed by atoms with Gasteiger partial charge in [-0.2, -0.15) is 0 Å². The van der Waals surface area contributed by atoms with Crippen LogP contribution in [-0.4, -0.2) is 12.2 Å². The lowest BCUT2D eigenvalue weighted by Crippen LogP contribution is -2.06. The van der Waals surface area contributed by atoms with Gasteiger partial charge in [-0.15, -0.1) is 0 Å². The van der Waals surface area contributed by atoms with E-state index in [9.17, 15) is 13.9 Å². The highest BCUT2D eigenvalue weighted by molar-refractivity contribution is 9.10. The highest BCUT2D eigenvalue weighted by Crippen LogP contribution is 2.30. The average molecular weight is 343 g/mol. The summed E-state index contributed by atoms with van der Waals surface area (Å²) in [4.78, 5) is 0. The first-order valence-electron chi connectivity index (χ1n) is 5.96. The van der Waals surface area contributed by atoms with Gasteiger partial charge in [0, 0.05) is 16.5 Å². The van der Waals surface area contributed by atoms with E-state index in [0.717, 1.165) is 22.7 Å². The maximum atomic E-state index is 13.6. The number of hydrogen-bond donors (Lipinski definition) is 1. The minimum absolute atomic E-state index is 0.0262. The Bertz CT molecular complexity index is 617. The van der Waals surface area contributed by atoms with Crippen molar-refractivity contribution in [3.05, 3.63) is 63.6 Å². The third kappa shape index (κ3) is 3.35. The van der Waals surface area contributed by atoms with Crippen LogP contribution in [0.4, 0.5) is 8.78 Å². The Labute approximate surface area is 124 Å². The summed E-state index contributed by atoms with van der Waals surface area (Å²) in [5, 5.41) is 10.2. The fraction of sp³-hybridized carbons (Fsp3) is 0.200. The van der Waals surface area contributed by atoms with Crippen molar-refractivity contribution in [1.82, 2.24) is 0 Å². The summed E-state index contributed by atoms with van der Waals surface area (Å²) in [5.41, 5.74) is 0.654. The van der Waals surface area contributed by atoms with E-state index in [1.165, 1.54) is 7.11 Å². The Morgan fingerprint density at radius 1 is 1.20 bits per heavy atom. The monoisotopic (exact) mass is 342 g/mol. The van der Waals surface area contributed by atoms with E-state index in [-0.39, 0.29) is 12.0 Å². The maximum Gasteiger partial charge on any atom is 0.126 e. The molecule has 0 saturated heterocycles. The maximum absolute atomic E-state index is 13.6. The molecule has 0 radical (unpaired) electrons. The predicted molar refractivity (Wildman–Crippen MR) is 75.7 cm³/mol. The summed E-state index contributed by atoms with van der Waals surface area (Å²) in [6, 6.07) is 8.33. The van der Waals surface area contributed by atoms with Crippen LogP contribution < -0.4 is 4.74 Å². The van der Waals surface area contributed by atoms with E-state index in [0.29, 0.717) is 11.3 Å². The van der Waals surface area contributed by atoms with Gasteiger partial charge in [-0.05, 0) is 35.9 Å². The fourth-order valence-electron chi connectivity index (χ4n) is 1.98. The molecule has 0 spiro atoms. The van der Waals surface area contributed by atoms with Crippen molar-refractivity contribution in [2.45, 2.75) is 12.5 Å². The molecule has 0 fully saturated rings. The summed E-state index contributed by atoms with van der Waals surface area (Å²) >= 11 is 3.30. The highest BCUT2D eigenvalue weighted by Gasteiger charge is 2.16. The minimum atomic E-state index is -0.977. The zero-order valence-corrected chi connectivity index (χ0v) is 12.3. The lowest BCUT2D eigenvalue weighted by Gasteiger charge is -2.15. The van der Waals surface area contributed by atoms with Gasteiger partial charge in [-0.25, -0.2) is 8.78 Å². The molecule has 0 aliphatic carbocycles. The van der Waals surface area contributed by atoms with Crippen LogP contribution >= 0.6 is 15.9 Å². The standard InChI is InChI=1S/C15H13BrF2O2/c1-20-15-8-10(16)2-4-12(15)14(19)7-9-6-11(17)3-5-13(9)18/h2-6,8,14,19H,7H2,1H3. The van der Waals surface area contributed by atoms with Gasteiger partial charge in [0.15, 0.2) is 0 Å². The second kappa shape index (κ2) is 6.33. The second-order valence-corrected chi connectivity index (χ2v) is 5.26. The second-order valence-electron chi connectivity index (χ2n) is 4.34. The summed E-state index contributed by atoms with van der Waals surface area (Å²) in [5.74, 6) is -0.582. The molecule has 2 aromatic rings. The Kier molecular flexibility index (Phi) is 4.73. The molecule has 1 atom stereocenters. The molecule has 2 rings (SSSR count). The summed E-state index contributed by atoms with van der Waals surface area (Å²) in [6.45, 7) is 0. The van der Waals surface area contributed by atoms with E-state index >= 15 is 0 Å². The molecule has 1 N–H and O–H groups in total. The predicted octanol–water partition coefficient (Wildman–Crippen LogP) is 4.01. The number of halogens is 3. The van der Waals surface area contributed by atoms with Gasteiger partial charge in [-0.1, -0.05) is 22.0 Å². The fourth-order valence-corrected chi connectivity index (χ4v) is 2.32. The average Bonchev–Trinajstić information content (AvgIpc) is 2.42. The van der Waals surface area contributed by atoms with Gasteiger partial charge in [0.2, 0.25) is 0 Å². The molecule has 5 heteroatoms. The zero-order chi connectivity index (χ0) is 14.7. The van der Waals surface area contributed by atoms with Gasteiger partial charge in [-0.3, -0.25) is 0 Å². The van der Waals surface area contributed by atoms with Crippen LogP contribution in [0.5, 0.6) is 5.75 Å². The van der Waals surface area contributed by atoms with Gasteiger partial charge in [0.05, 0.1) is 13.2 Å². The molecule has 1 unspecified atom stereocenters. The first-order valence-corrected chi connectivity index (χ1v) is 6.76. The molecule has 106 valence electrons. The summed E-state index contributed by atoms with van der Waals surface area (Å²) < 4.78 is 32.7. The van der Waals surface area contributed by atoms with Gasteiger partial charge >= 0.3 is 0 Å². The van der Waals surface area contributed by atoms with Crippen molar-refractivity contribution in [3.63, 3.8) is 0 Å². The van der Waals surface area contributed by atoms with E-state index in [2.05, 4.69) is 15.9 Å². The van der Waals surface area contributed by atoms with Gasteiger partial charge < -0.3 is 9.84 Å². The van der Waals surface area contributed by atoms with Crippen molar-refractivity contribution in [3.8, 4) is 5.75 Å². The number of methoxy groups -OCH3 is 1. The number of rotatable bonds is 4. The molecular weight excluding hydrogens is 330 g/mol. The number of aliphatic hydroxyl groups excluding tert-OH is 1. The summed E-state index contributed by atoms with van der Waals surface area (Å²) in [6.07, 6.45) is -1.00. The van der Waals surface area contributed by atoms with E-state index in [1.807, 2.05) is 0 Å². The molecule has 2 nitrogen and oxygen atoms in total. The van der Waals surface area contributed by atoms with Crippen molar-refractivity contribution in [2.75, 3.05) is 7.11 Å². The molecule has 2 aromatic carbocycles. The molecule has 0 bridgehead atoms. The van der Waals surface area contributed by atoms with Crippen molar-refractivity contribution in [1.29, 1.82) is 0 Å². The third-order valence-corrected chi connectivity index (χ3v) is 3.47. The summed E-state index contributed by atoms with van der Waals surface area (Å²) in [7, 11) is 1.49. The topological polar surface area (TPSA) is 29.5 Å². The lowest BCUT2D eigenvalue weighted by atomic mass is 10.00. The third-order valence-electron chi connectivity index (χ3n) is 2.98. The van der Waals surface area contributed by atoms with Crippen LogP contribution in [0, 0.1) is 11.6 Å². The molecule has 0 aliphatic rings. The van der Waals surface area contributed by atoms with Crippen LogP contribution in [0.1, 0.15) is 17.2 Å². The largest absolute Gasteiger partial charge is 0.496 e. The number of ether oxygens (including phenoxy) is 1. The van der Waals surface area contributed by atoms with Gasteiger partial charge in [0.1, 0.15) is 17.4 Å². The van der Waals surface area contributed by atoms with E-state index in [4.69, 9.17) is 4.74 Å². The Hall–Kier alpha value is -1.46. The Morgan fingerprint density at radius 3 is 2.65 bits per heavy atom. The minimum Gasteiger partial charge on any atom is -0.496 e.